The van der Waals surface area contributed by atoms with Crippen molar-refractivity contribution in [2.75, 3.05) is 6.54 Å². The van der Waals surface area contributed by atoms with Gasteiger partial charge in [0.1, 0.15) is 5.02 Å². The summed E-state index contributed by atoms with van der Waals surface area (Å²) in [6, 6.07) is 6.12. The van der Waals surface area contributed by atoms with E-state index in [0.717, 1.165) is 12.8 Å². The van der Waals surface area contributed by atoms with E-state index < -0.39 is 4.92 Å². The van der Waals surface area contributed by atoms with E-state index in [1.54, 1.807) is 4.90 Å². The number of nitrogens with zero attached hydrogens (tertiary/aromatic N) is 3. The first-order valence-electron chi connectivity index (χ1n) is 6.16. The number of amides is 1. The van der Waals surface area contributed by atoms with Crippen molar-refractivity contribution < 1.29 is 9.72 Å². The van der Waals surface area contributed by atoms with E-state index in [4.69, 9.17) is 16.9 Å². The van der Waals surface area contributed by atoms with Gasteiger partial charge in [-0.25, -0.2) is 0 Å². The number of nitro benzene ring substituents is 1. The predicted octanol–water partition coefficient (Wildman–Crippen LogP) is 2.77. The molecule has 0 aromatic heterocycles. The van der Waals surface area contributed by atoms with E-state index in [-0.39, 0.29) is 29.1 Å². The molecule has 1 aromatic carbocycles. The Morgan fingerprint density at radius 3 is 2.75 bits per heavy atom. The first kappa shape index (κ1) is 14.3. The third-order valence-corrected chi connectivity index (χ3v) is 3.41. The number of rotatable bonds is 5. The van der Waals surface area contributed by atoms with Crippen LogP contribution in [0.3, 0.4) is 0 Å². The second-order valence-electron chi connectivity index (χ2n) is 4.56. The first-order chi connectivity index (χ1) is 9.54. The molecule has 0 radical (unpaired) electrons. The number of hydrogen-bond acceptors (Lipinski definition) is 4. The minimum atomic E-state index is -0.592. The molecule has 0 saturated heterocycles. The summed E-state index contributed by atoms with van der Waals surface area (Å²) < 4.78 is 0. The fourth-order valence-corrected chi connectivity index (χ4v) is 2.21. The summed E-state index contributed by atoms with van der Waals surface area (Å²) in [5.41, 5.74) is 0.0867. The van der Waals surface area contributed by atoms with Gasteiger partial charge in [0.15, 0.2) is 0 Å². The summed E-state index contributed by atoms with van der Waals surface area (Å²) in [7, 11) is 0. The Balaban J connectivity index is 2.21. The highest BCUT2D eigenvalue weighted by Crippen LogP contribution is 2.30. The van der Waals surface area contributed by atoms with E-state index >= 15 is 0 Å². The zero-order chi connectivity index (χ0) is 14.7. The molecule has 1 fully saturated rings. The van der Waals surface area contributed by atoms with Crippen LogP contribution in [0.4, 0.5) is 5.69 Å². The van der Waals surface area contributed by atoms with Crippen LogP contribution in [0, 0.1) is 21.4 Å². The summed E-state index contributed by atoms with van der Waals surface area (Å²) in [6.45, 7) is 0.370. The molecule has 2 rings (SSSR count). The maximum Gasteiger partial charge on any atom is 0.287 e. The highest BCUT2D eigenvalue weighted by Gasteiger charge is 2.33. The Hall–Kier alpha value is -2.13. The second-order valence-corrected chi connectivity index (χ2v) is 4.97. The molecular weight excluding hydrogens is 282 g/mol. The number of halogens is 1. The molecule has 0 heterocycles. The predicted molar refractivity (Wildman–Crippen MR) is 72.4 cm³/mol. The smallest absolute Gasteiger partial charge is 0.287 e. The van der Waals surface area contributed by atoms with Crippen molar-refractivity contribution in [1.82, 2.24) is 4.90 Å². The van der Waals surface area contributed by atoms with Crippen LogP contribution in [-0.2, 0) is 0 Å². The lowest BCUT2D eigenvalue weighted by molar-refractivity contribution is -0.384. The van der Waals surface area contributed by atoms with Crippen molar-refractivity contribution in [2.24, 2.45) is 0 Å². The highest BCUT2D eigenvalue weighted by molar-refractivity contribution is 6.33. The summed E-state index contributed by atoms with van der Waals surface area (Å²) in [4.78, 5) is 24.1. The fourth-order valence-electron chi connectivity index (χ4n) is 1.96. The van der Waals surface area contributed by atoms with E-state index in [2.05, 4.69) is 0 Å². The molecule has 0 bridgehead atoms. The molecule has 1 aliphatic rings. The Kier molecular flexibility index (Phi) is 4.20. The van der Waals surface area contributed by atoms with Crippen molar-refractivity contribution in [2.45, 2.75) is 25.3 Å². The quantitative estimate of drug-likeness (QED) is 0.617. The van der Waals surface area contributed by atoms with Gasteiger partial charge in [-0.05, 0) is 25.0 Å². The lowest BCUT2D eigenvalue weighted by Crippen LogP contribution is -2.33. The molecule has 0 atom stereocenters. The van der Waals surface area contributed by atoms with Crippen molar-refractivity contribution in [3.8, 4) is 6.07 Å². The maximum atomic E-state index is 12.4. The summed E-state index contributed by atoms with van der Waals surface area (Å²) in [6.07, 6.45) is 2.12. The third-order valence-electron chi connectivity index (χ3n) is 3.10. The van der Waals surface area contributed by atoms with E-state index in [0.29, 0.717) is 12.1 Å². The highest BCUT2D eigenvalue weighted by atomic mass is 35.5. The molecule has 0 unspecified atom stereocenters. The Bertz CT molecular complexity index is 593. The molecule has 1 amide bonds. The van der Waals surface area contributed by atoms with Crippen LogP contribution in [-0.4, -0.2) is 28.3 Å². The number of carbonyl (C=O) groups excluding carboxylic acids is 1. The van der Waals surface area contributed by atoms with Crippen LogP contribution in [0.1, 0.15) is 29.6 Å². The van der Waals surface area contributed by atoms with Crippen LogP contribution in [0.15, 0.2) is 18.2 Å². The number of carbonyl (C=O) groups is 1. The van der Waals surface area contributed by atoms with Crippen LogP contribution >= 0.6 is 11.6 Å². The first-order valence-corrected chi connectivity index (χ1v) is 6.54. The maximum absolute atomic E-state index is 12.4. The van der Waals surface area contributed by atoms with E-state index in [1.165, 1.54) is 18.2 Å². The molecule has 0 N–H and O–H groups in total. The molecule has 7 heteroatoms. The summed E-state index contributed by atoms with van der Waals surface area (Å²) >= 11 is 5.81. The SMILES string of the molecule is N#CCCN(C(=O)c1ccc([N+](=O)[O-])c(Cl)c1)C1CC1. The average Bonchev–Trinajstić information content (AvgIpc) is 3.23. The molecule has 1 saturated carbocycles. The molecule has 0 aliphatic heterocycles. The Labute approximate surface area is 120 Å². The van der Waals surface area contributed by atoms with Gasteiger partial charge in [0.25, 0.3) is 11.6 Å². The minimum absolute atomic E-state index is 0.0584. The van der Waals surface area contributed by atoms with Gasteiger partial charge in [-0.15, -0.1) is 0 Å². The molecule has 1 aliphatic carbocycles. The summed E-state index contributed by atoms with van der Waals surface area (Å²) in [5, 5.41) is 19.3. The number of benzene rings is 1. The zero-order valence-electron chi connectivity index (χ0n) is 10.6. The van der Waals surface area contributed by atoms with Crippen molar-refractivity contribution >= 4 is 23.2 Å². The minimum Gasteiger partial charge on any atom is -0.335 e. The third kappa shape index (κ3) is 3.06. The average molecular weight is 294 g/mol. The van der Waals surface area contributed by atoms with Gasteiger partial charge >= 0.3 is 0 Å². The zero-order valence-corrected chi connectivity index (χ0v) is 11.3. The van der Waals surface area contributed by atoms with Crippen LogP contribution in [0.25, 0.3) is 0 Å². The standard InChI is InChI=1S/C13H12ClN3O3/c14-11-8-9(2-5-12(11)17(19)20)13(18)16(7-1-6-15)10-3-4-10/h2,5,8,10H,1,3-4,7H2. The molecule has 1 aromatic rings. The molecule has 104 valence electrons. The number of nitro groups is 1. The topological polar surface area (TPSA) is 87.2 Å². The Morgan fingerprint density at radius 2 is 2.25 bits per heavy atom. The molecule has 20 heavy (non-hydrogen) atoms. The second kappa shape index (κ2) is 5.88. The number of hydrogen-bond donors (Lipinski definition) is 0. The van der Waals surface area contributed by atoms with Gasteiger partial charge < -0.3 is 4.90 Å². The van der Waals surface area contributed by atoms with Crippen LogP contribution in [0.5, 0.6) is 0 Å². The van der Waals surface area contributed by atoms with Gasteiger partial charge in [-0.1, -0.05) is 11.6 Å². The van der Waals surface area contributed by atoms with Gasteiger partial charge in [-0.3, -0.25) is 14.9 Å². The largest absolute Gasteiger partial charge is 0.335 e. The fraction of sp³-hybridized carbons (Fsp3) is 0.385. The van der Waals surface area contributed by atoms with Gasteiger partial charge in [0, 0.05) is 24.2 Å². The van der Waals surface area contributed by atoms with Crippen LogP contribution < -0.4 is 0 Å². The summed E-state index contributed by atoms with van der Waals surface area (Å²) in [5.74, 6) is -0.237. The van der Waals surface area contributed by atoms with Crippen LogP contribution in [0.2, 0.25) is 5.02 Å². The lowest BCUT2D eigenvalue weighted by Gasteiger charge is -2.21. The normalized spacial score (nSPS) is 13.6. The van der Waals surface area contributed by atoms with E-state index in [1.807, 2.05) is 6.07 Å². The number of nitriles is 1. The monoisotopic (exact) mass is 293 g/mol. The van der Waals surface area contributed by atoms with Crippen molar-refractivity contribution in [1.29, 1.82) is 5.26 Å². The molecular formula is C13H12ClN3O3. The molecule has 6 nitrogen and oxygen atoms in total. The van der Waals surface area contributed by atoms with Gasteiger partial charge in [0.05, 0.1) is 17.4 Å². The Morgan fingerprint density at radius 1 is 1.55 bits per heavy atom. The van der Waals surface area contributed by atoms with Gasteiger partial charge in [0.2, 0.25) is 0 Å². The van der Waals surface area contributed by atoms with E-state index in [9.17, 15) is 14.9 Å². The van der Waals surface area contributed by atoms with Gasteiger partial charge in [-0.2, -0.15) is 5.26 Å². The van der Waals surface area contributed by atoms with Crippen molar-refractivity contribution in [3.05, 3.63) is 38.9 Å². The molecule has 0 spiro atoms. The van der Waals surface area contributed by atoms with Crippen molar-refractivity contribution in [3.63, 3.8) is 0 Å². The lowest BCUT2D eigenvalue weighted by atomic mass is 10.1.